The van der Waals surface area contributed by atoms with E-state index in [4.69, 9.17) is 0 Å². The number of H-pyrrole nitrogens is 1. The Labute approximate surface area is 165 Å². The average Bonchev–Trinajstić information content (AvgIpc) is 3.24. The molecule has 0 saturated heterocycles. The Hall–Kier alpha value is -3.30. The quantitative estimate of drug-likeness (QED) is 0.570. The highest BCUT2D eigenvalue weighted by Gasteiger charge is 2.52. The van der Waals surface area contributed by atoms with Gasteiger partial charge in [0, 0.05) is 16.6 Å². The van der Waals surface area contributed by atoms with Crippen molar-refractivity contribution in [2.24, 2.45) is 0 Å². The number of aromatic nitrogens is 1. The fourth-order valence-electron chi connectivity index (χ4n) is 3.63. The molecule has 2 aromatic carbocycles. The summed E-state index contributed by atoms with van der Waals surface area (Å²) in [6, 6.07) is 9.55. The van der Waals surface area contributed by atoms with E-state index in [1.165, 1.54) is 36.4 Å². The van der Waals surface area contributed by atoms with E-state index in [0.717, 1.165) is 6.07 Å². The number of alkyl halides is 5. The molecule has 2 heterocycles. The molecule has 1 aliphatic carbocycles. The number of carbonyl (C=O) groups is 1. The molecule has 0 unspecified atom stereocenters. The standard InChI is InChI=1S/C20H13F5N2O3/c21-19(22,23)16-8-10-7-12(2-3-13(10)27-16)26-17(28)18(5-6-18)11-1-4-14-15(9-11)30-20(24,25)29-14/h1-4,7-9,27H,5-6H2,(H,26,28). The Morgan fingerprint density at radius 1 is 1.00 bits per heavy atom. The predicted octanol–water partition coefficient (Wildman–Crippen LogP) is 5.18. The van der Waals surface area contributed by atoms with Crippen LogP contribution in [0.25, 0.3) is 10.9 Å². The molecule has 0 spiro atoms. The van der Waals surface area contributed by atoms with Crippen molar-refractivity contribution in [3.8, 4) is 11.5 Å². The number of anilines is 1. The molecule has 30 heavy (non-hydrogen) atoms. The van der Waals surface area contributed by atoms with Crippen LogP contribution < -0.4 is 14.8 Å². The zero-order chi connectivity index (χ0) is 21.3. The minimum Gasteiger partial charge on any atom is -0.395 e. The van der Waals surface area contributed by atoms with E-state index in [2.05, 4.69) is 19.8 Å². The van der Waals surface area contributed by atoms with E-state index in [-0.39, 0.29) is 22.9 Å². The normalized spacial score (nSPS) is 18.4. The Morgan fingerprint density at radius 3 is 2.43 bits per heavy atom. The van der Waals surface area contributed by atoms with Crippen molar-refractivity contribution in [3.05, 3.63) is 53.7 Å². The second kappa shape index (κ2) is 5.87. The number of aromatic amines is 1. The Kier molecular flexibility index (Phi) is 3.66. The summed E-state index contributed by atoms with van der Waals surface area (Å²) in [5.74, 6) is -0.637. The van der Waals surface area contributed by atoms with Gasteiger partial charge in [-0.1, -0.05) is 6.07 Å². The first-order valence-electron chi connectivity index (χ1n) is 8.98. The van der Waals surface area contributed by atoms with Crippen LogP contribution in [0.1, 0.15) is 24.1 Å². The van der Waals surface area contributed by atoms with Crippen LogP contribution in [0.5, 0.6) is 11.5 Å². The van der Waals surface area contributed by atoms with Gasteiger partial charge in [0.25, 0.3) is 0 Å². The van der Waals surface area contributed by atoms with Gasteiger partial charge >= 0.3 is 12.5 Å². The van der Waals surface area contributed by atoms with Gasteiger partial charge in [0.05, 0.1) is 5.41 Å². The molecule has 1 fully saturated rings. The third-order valence-electron chi connectivity index (χ3n) is 5.32. The average molecular weight is 424 g/mol. The number of hydrogen-bond donors (Lipinski definition) is 2. The van der Waals surface area contributed by atoms with Crippen LogP contribution in [0.2, 0.25) is 0 Å². The largest absolute Gasteiger partial charge is 0.586 e. The number of ether oxygens (including phenoxy) is 2. The van der Waals surface area contributed by atoms with Crippen molar-refractivity contribution in [1.29, 1.82) is 0 Å². The lowest BCUT2D eigenvalue weighted by Crippen LogP contribution is -2.27. The minimum absolute atomic E-state index is 0.113. The SMILES string of the molecule is O=C(Nc1ccc2[nH]c(C(F)(F)F)cc2c1)C1(c2ccc3c(c2)OC(F)(F)O3)CC1. The zero-order valence-corrected chi connectivity index (χ0v) is 15.1. The fraction of sp³-hybridized carbons (Fsp3) is 0.250. The van der Waals surface area contributed by atoms with Gasteiger partial charge in [-0.3, -0.25) is 4.79 Å². The molecule has 0 atom stereocenters. The number of fused-ring (bicyclic) bond motifs is 2. The highest BCUT2D eigenvalue weighted by Crippen LogP contribution is 2.52. The number of rotatable bonds is 3. The summed E-state index contributed by atoms with van der Waals surface area (Å²) in [6.07, 6.45) is -7.25. The van der Waals surface area contributed by atoms with Gasteiger partial charge in [-0.25, -0.2) is 0 Å². The monoisotopic (exact) mass is 424 g/mol. The minimum atomic E-state index is -4.50. The molecule has 2 aliphatic rings. The number of hydrogen-bond acceptors (Lipinski definition) is 3. The number of benzene rings is 2. The lowest BCUT2D eigenvalue weighted by Gasteiger charge is -2.16. The van der Waals surface area contributed by atoms with E-state index < -0.39 is 23.6 Å². The number of halogens is 5. The van der Waals surface area contributed by atoms with Crippen molar-refractivity contribution >= 4 is 22.5 Å². The third kappa shape index (κ3) is 3.03. The lowest BCUT2D eigenvalue weighted by atomic mass is 9.94. The topological polar surface area (TPSA) is 63.4 Å². The summed E-state index contributed by atoms with van der Waals surface area (Å²) < 4.78 is 73.9. The maximum Gasteiger partial charge on any atom is 0.586 e. The summed E-state index contributed by atoms with van der Waals surface area (Å²) in [4.78, 5) is 15.2. The molecule has 5 nitrogen and oxygen atoms in total. The maximum atomic E-state index is 13.2. The van der Waals surface area contributed by atoms with E-state index in [9.17, 15) is 26.7 Å². The molecule has 1 saturated carbocycles. The number of nitrogens with one attached hydrogen (secondary N) is 2. The molecular weight excluding hydrogens is 411 g/mol. The summed E-state index contributed by atoms with van der Waals surface area (Å²) in [6.45, 7) is 0. The summed E-state index contributed by atoms with van der Waals surface area (Å²) in [5, 5.41) is 3.01. The van der Waals surface area contributed by atoms with Crippen LogP contribution in [0.4, 0.5) is 27.6 Å². The first kappa shape index (κ1) is 18.7. The number of amides is 1. The van der Waals surface area contributed by atoms with Crippen molar-refractivity contribution in [3.63, 3.8) is 0 Å². The summed E-state index contributed by atoms with van der Waals surface area (Å²) >= 11 is 0. The maximum absolute atomic E-state index is 13.2. The van der Waals surface area contributed by atoms with Crippen LogP contribution in [-0.2, 0) is 16.4 Å². The van der Waals surface area contributed by atoms with Crippen LogP contribution >= 0.6 is 0 Å². The molecule has 1 amide bonds. The van der Waals surface area contributed by atoms with Crippen LogP contribution in [0.15, 0.2) is 42.5 Å². The van der Waals surface area contributed by atoms with E-state index in [0.29, 0.717) is 29.5 Å². The molecule has 0 bridgehead atoms. The highest BCUT2D eigenvalue weighted by atomic mass is 19.4. The van der Waals surface area contributed by atoms with Crippen LogP contribution in [-0.4, -0.2) is 17.2 Å². The molecule has 5 rings (SSSR count). The molecule has 3 aromatic rings. The van der Waals surface area contributed by atoms with Gasteiger partial charge in [0.1, 0.15) is 5.69 Å². The first-order chi connectivity index (χ1) is 14.1. The van der Waals surface area contributed by atoms with Crippen molar-refractivity contribution < 1.29 is 36.2 Å². The van der Waals surface area contributed by atoms with Gasteiger partial charge in [-0.2, -0.15) is 13.2 Å². The van der Waals surface area contributed by atoms with Crippen molar-refractivity contribution in [2.45, 2.75) is 30.7 Å². The first-order valence-corrected chi connectivity index (χ1v) is 8.98. The summed E-state index contributed by atoms with van der Waals surface area (Å²) in [7, 11) is 0. The molecule has 1 aliphatic heterocycles. The van der Waals surface area contributed by atoms with Crippen molar-refractivity contribution in [1.82, 2.24) is 4.98 Å². The number of carbonyl (C=O) groups excluding carboxylic acids is 1. The van der Waals surface area contributed by atoms with Gasteiger partial charge in [0.15, 0.2) is 11.5 Å². The smallest absolute Gasteiger partial charge is 0.395 e. The van der Waals surface area contributed by atoms with E-state index in [1.807, 2.05) is 0 Å². The molecule has 156 valence electrons. The lowest BCUT2D eigenvalue weighted by molar-refractivity contribution is -0.286. The Balaban J connectivity index is 1.39. The summed E-state index contributed by atoms with van der Waals surface area (Å²) in [5.41, 5.74) is -0.670. The van der Waals surface area contributed by atoms with Gasteiger partial charge in [-0.05, 0) is 54.8 Å². The highest BCUT2D eigenvalue weighted by molar-refractivity contribution is 6.02. The van der Waals surface area contributed by atoms with Gasteiger partial charge < -0.3 is 19.8 Å². The third-order valence-corrected chi connectivity index (χ3v) is 5.32. The van der Waals surface area contributed by atoms with Gasteiger partial charge in [-0.15, -0.1) is 8.78 Å². The molecule has 10 heteroatoms. The fourth-order valence-corrected chi connectivity index (χ4v) is 3.63. The zero-order valence-electron chi connectivity index (χ0n) is 15.1. The predicted molar refractivity (Wildman–Crippen MR) is 95.5 cm³/mol. The van der Waals surface area contributed by atoms with Crippen molar-refractivity contribution in [2.75, 3.05) is 5.32 Å². The second-order valence-electron chi connectivity index (χ2n) is 7.35. The molecule has 0 radical (unpaired) electrons. The van der Waals surface area contributed by atoms with E-state index in [1.54, 1.807) is 0 Å². The molecule has 2 N–H and O–H groups in total. The Bertz CT molecular complexity index is 1180. The second-order valence-corrected chi connectivity index (χ2v) is 7.35. The molecular formula is C20H13F5N2O3. The van der Waals surface area contributed by atoms with Gasteiger partial charge in [0.2, 0.25) is 5.91 Å². The molecule has 1 aromatic heterocycles. The van der Waals surface area contributed by atoms with Crippen LogP contribution in [0, 0.1) is 0 Å². The van der Waals surface area contributed by atoms with Crippen LogP contribution in [0.3, 0.4) is 0 Å². The Morgan fingerprint density at radius 2 is 1.73 bits per heavy atom. The van der Waals surface area contributed by atoms with E-state index >= 15 is 0 Å².